The SMILES string of the molecule is Cc1ccc2c(c1)-c1cc(C)nn1[C@@H](c1ccccc1F)N2. The monoisotopic (exact) mass is 293 g/mol. The summed E-state index contributed by atoms with van der Waals surface area (Å²) in [6.45, 7) is 4.02. The maximum Gasteiger partial charge on any atom is 0.150 e. The van der Waals surface area contributed by atoms with E-state index in [4.69, 9.17) is 0 Å². The Morgan fingerprint density at radius 2 is 1.91 bits per heavy atom. The zero-order chi connectivity index (χ0) is 15.3. The summed E-state index contributed by atoms with van der Waals surface area (Å²) in [7, 11) is 0. The van der Waals surface area contributed by atoms with E-state index in [9.17, 15) is 4.39 Å². The van der Waals surface area contributed by atoms with E-state index in [2.05, 4.69) is 29.5 Å². The van der Waals surface area contributed by atoms with Crippen LogP contribution in [0.1, 0.15) is 23.0 Å². The third kappa shape index (κ3) is 1.91. The van der Waals surface area contributed by atoms with Gasteiger partial charge < -0.3 is 5.32 Å². The Balaban J connectivity index is 1.94. The van der Waals surface area contributed by atoms with Crippen molar-refractivity contribution < 1.29 is 4.39 Å². The van der Waals surface area contributed by atoms with Crippen LogP contribution in [0.2, 0.25) is 0 Å². The van der Waals surface area contributed by atoms with Gasteiger partial charge in [-0.05, 0) is 38.1 Å². The van der Waals surface area contributed by atoms with Gasteiger partial charge in [-0.15, -0.1) is 0 Å². The molecule has 1 aromatic heterocycles. The minimum Gasteiger partial charge on any atom is -0.359 e. The second-order valence-corrected chi connectivity index (χ2v) is 5.73. The fourth-order valence-electron chi connectivity index (χ4n) is 3.03. The smallest absolute Gasteiger partial charge is 0.150 e. The van der Waals surface area contributed by atoms with Crippen LogP contribution in [0.3, 0.4) is 0 Å². The van der Waals surface area contributed by atoms with Gasteiger partial charge in [-0.3, -0.25) is 0 Å². The molecule has 1 atom stereocenters. The van der Waals surface area contributed by atoms with Gasteiger partial charge in [0.1, 0.15) is 12.0 Å². The average molecular weight is 293 g/mol. The molecule has 0 amide bonds. The van der Waals surface area contributed by atoms with E-state index in [1.165, 1.54) is 11.6 Å². The van der Waals surface area contributed by atoms with Crippen LogP contribution in [0, 0.1) is 19.7 Å². The lowest BCUT2D eigenvalue weighted by molar-refractivity contribution is 0.526. The Bertz CT molecular complexity index is 867. The normalized spacial score (nSPS) is 15.9. The van der Waals surface area contributed by atoms with Gasteiger partial charge in [0.25, 0.3) is 0 Å². The first-order valence-electron chi connectivity index (χ1n) is 7.31. The first-order valence-corrected chi connectivity index (χ1v) is 7.31. The van der Waals surface area contributed by atoms with E-state index in [0.29, 0.717) is 5.56 Å². The fourth-order valence-corrected chi connectivity index (χ4v) is 3.03. The topological polar surface area (TPSA) is 29.9 Å². The van der Waals surface area contributed by atoms with Gasteiger partial charge in [0, 0.05) is 16.8 Å². The summed E-state index contributed by atoms with van der Waals surface area (Å²) in [6, 6.07) is 15.1. The number of rotatable bonds is 1. The van der Waals surface area contributed by atoms with Crippen LogP contribution in [0.5, 0.6) is 0 Å². The van der Waals surface area contributed by atoms with E-state index in [-0.39, 0.29) is 12.0 Å². The Kier molecular flexibility index (Phi) is 2.79. The van der Waals surface area contributed by atoms with Crippen LogP contribution >= 0.6 is 0 Å². The maximum absolute atomic E-state index is 14.2. The van der Waals surface area contributed by atoms with Crippen molar-refractivity contribution in [3.63, 3.8) is 0 Å². The first-order chi connectivity index (χ1) is 10.6. The summed E-state index contributed by atoms with van der Waals surface area (Å²) in [5.74, 6) is -0.227. The first kappa shape index (κ1) is 13.1. The predicted octanol–water partition coefficient (Wildman–Crippen LogP) is 4.28. The number of fused-ring (bicyclic) bond motifs is 3. The second kappa shape index (κ2) is 4.70. The van der Waals surface area contributed by atoms with E-state index in [1.54, 1.807) is 12.1 Å². The molecule has 0 spiro atoms. The number of nitrogens with zero attached hydrogens (tertiary/aromatic N) is 2. The molecule has 4 heteroatoms. The lowest BCUT2D eigenvalue weighted by Crippen LogP contribution is -2.26. The van der Waals surface area contributed by atoms with Crippen molar-refractivity contribution in [1.29, 1.82) is 0 Å². The van der Waals surface area contributed by atoms with Gasteiger partial charge >= 0.3 is 0 Å². The Labute approximate surface area is 128 Å². The lowest BCUT2D eigenvalue weighted by Gasteiger charge is -2.29. The Hall–Kier alpha value is -2.62. The molecule has 2 heterocycles. The fraction of sp³-hybridized carbons (Fsp3) is 0.167. The summed E-state index contributed by atoms with van der Waals surface area (Å²) >= 11 is 0. The van der Waals surface area contributed by atoms with Gasteiger partial charge in [0.2, 0.25) is 0 Å². The molecule has 22 heavy (non-hydrogen) atoms. The van der Waals surface area contributed by atoms with Crippen LogP contribution in [-0.2, 0) is 0 Å². The van der Waals surface area contributed by atoms with Crippen LogP contribution in [0.15, 0.2) is 48.5 Å². The molecule has 3 aromatic rings. The molecule has 4 rings (SSSR count). The largest absolute Gasteiger partial charge is 0.359 e. The van der Waals surface area contributed by atoms with Crippen LogP contribution in [0.4, 0.5) is 10.1 Å². The van der Waals surface area contributed by atoms with Crippen molar-refractivity contribution in [2.45, 2.75) is 20.0 Å². The summed E-state index contributed by atoms with van der Waals surface area (Å²) < 4.78 is 16.1. The van der Waals surface area contributed by atoms with Crippen molar-refractivity contribution >= 4 is 5.69 Å². The molecule has 2 aromatic carbocycles. The van der Waals surface area contributed by atoms with Gasteiger partial charge in [-0.25, -0.2) is 9.07 Å². The number of aromatic nitrogens is 2. The molecule has 110 valence electrons. The third-order valence-corrected chi connectivity index (χ3v) is 4.05. The molecule has 0 bridgehead atoms. The number of anilines is 1. The number of nitrogens with one attached hydrogen (secondary N) is 1. The van der Waals surface area contributed by atoms with Gasteiger partial charge in [0.05, 0.1) is 11.4 Å². The number of aryl methyl sites for hydroxylation is 2. The molecule has 1 N–H and O–H groups in total. The number of hydrogen-bond acceptors (Lipinski definition) is 2. The standard InChI is InChI=1S/C18H16FN3/c1-11-7-8-16-14(9-11)17-10-12(2)21-22(17)18(20-16)13-5-3-4-6-15(13)19/h3-10,18,20H,1-2H3/t18-/m0/s1. The van der Waals surface area contributed by atoms with Crippen molar-refractivity contribution in [3.05, 3.63) is 71.2 Å². The zero-order valence-corrected chi connectivity index (χ0v) is 12.5. The highest BCUT2D eigenvalue weighted by Gasteiger charge is 2.27. The second-order valence-electron chi connectivity index (χ2n) is 5.73. The van der Waals surface area contributed by atoms with Gasteiger partial charge in [-0.2, -0.15) is 5.10 Å². The van der Waals surface area contributed by atoms with Crippen LogP contribution in [0.25, 0.3) is 11.3 Å². The van der Waals surface area contributed by atoms with Crippen molar-refractivity contribution in [1.82, 2.24) is 9.78 Å². The maximum atomic E-state index is 14.2. The third-order valence-electron chi connectivity index (χ3n) is 4.05. The number of benzene rings is 2. The number of hydrogen-bond donors (Lipinski definition) is 1. The van der Waals surface area contributed by atoms with E-state index < -0.39 is 0 Å². The number of halogens is 1. The van der Waals surface area contributed by atoms with Gasteiger partial charge in [-0.1, -0.05) is 29.8 Å². The average Bonchev–Trinajstić information content (AvgIpc) is 2.89. The highest BCUT2D eigenvalue weighted by molar-refractivity contribution is 5.79. The highest BCUT2D eigenvalue weighted by atomic mass is 19.1. The summed E-state index contributed by atoms with van der Waals surface area (Å²) in [6.07, 6.45) is -0.333. The molecule has 0 aliphatic carbocycles. The summed E-state index contributed by atoms with van der Waals surface area (Å²) in [5, 5.41) is 7.98. The summed E-state index contributed by atoms with van der Waals surface area (Å²) in [5.41, 5.74) is 5.84. The van der Waals surface area contributed by atoms with E-state index in [1.807, 2.05) is 29.8 Å². The molecule has 0 radical (unpaired) electrons. The zero-order valence-electron chi connectivity index (χ0n) is 12.5. The van der Waals surface area contributed by atoms with Crippen molar-refractivity contribution in [2.75, 3.05) is 5.32 Å². The van der Waals surface area contributed by atoms with Crippen LogP contribution < -0.4 is 5.32 Å². The van der Waals surface area contributed by atoms with Crippen molar-refractivity contribution in [2.24, 2.45) is 0 Å². The molecule has 1 aliphatic heterocycles. The van der Waals surface area contributed by atoms with Crippen molar-refractivity contribution in [3.8, 4) is 11.3 Å². The van der Waals surface area contributed by atoms with E-state index >= 15 is 0 Å². The van der Waals surface area contributed by atoms with Gasteiger partial charge in [0.15, 0.2) is 0 Å². The molecule has 1 aliphatic rings. The molecular formula is C18H16FN3. The molecule has 0 saturated carbocycles. The predicted molar refractivity (Wildman–Crippen MR) is 85.3 cm³/mol. The minimum atomic E-state index is -0.333. The quantitative estimate of drug-likeness (QED) is 0.726. The molecule has 3 nitrogen and oxygen atoms in total. The minimum absolute atomic E-state index is 0.227. The molecule has 0 fully saturated rings. The Morgan fingerprint density at radius 3 is 2.73 bits per heavy atom. The summed E-state index contributed by atoms with van der Waals surface area (Å²) in [4.78, 5) is 0. The Morgan fingerprint density at radius 1 is 1.09 bits per heavy atom. The molecule has 0 unspecified atom stereocenters. The highest BCUT2D eigenvalue weighted by Crippen LogP contribution is 2.39. The lowest BCUT2D eigenvalue weighted by atomic mass is 10.0. The van der Waals surface area contributed by atoms with E-state index in [0.717, 1.165) is 22.6 Å². The molecule has 0 saturated heterocycles. The van der Waals surface area contributed by atoms with Crippen LogP contribution in [-0.4, -0.2) is 9.78 Å². The molecular weight excluding hydrogens is 277 g/mol.